The first-order valence-electron chi connectivity index (χ1n) is 7.75. The topological polar surface area (TPSA) is 88.1 Å². The summed E-state index contributed by atoms with van der Waals surface area (Å²) in [5.74, 6) is 2.52. The number of tetrazole rings is 1. The lowest BCUT2D eigenvalue weighted by molar-refractivity contribution is 0.355. The Bertz CT molecular complexity index is 1010. The zero-order chi connectivity index (χ0) is 17.9. The second-order valence-electron chi connectivity index (χ2n) is 5.33. The van der Waals surface area contributed by atoms with Gasteiger partial charge in [0, 0.05) is 10.9 Å². The number of rotatable bonds is 6. The number of hydrogen-bond donors (Lipinski definition) is 0. The summed E-state index contributed by atoms with van der Waals surface area (Å²) in [5.41, 5.74) is 1.64. The van der Waals surface area contributed by atoms with E-state index in [2.05, 4.69) is 20.4 Å². The lowest BCUT2D eigenvalue weighted by atomic mass is 10.2. The van der Waals surface area contributed by atoms with Crippen molar-refractivity contribution in [3.63, 3.8) is 0 Å². The summed E-state index contributed by atoms with van der Waals surface area (Å²) in [4.78, 5) is 6.05. The summed E-state index contributed by atoms with van der Waals surface area (Å²) < 4.78 is 15.9. The first kappa shape index (κ1) is 16.3. The molecular formula is C17H15N5O3S. The number of furan rings is 1. The average Bonchev–Trinajstić information content (AvgIpc) is 3.42. The van der Waals surface area contributed by atoms with Crippen LogP contribution in [0, 0.1) is 0 Å². The number of benzene rings is 1. The molecule has 0 amide bonds. The van der Waals surface area contributed by atoms with Crippen LogP contribution >= 0.6 is 11.3 Å². The molecular weight excluding hydrogens is 354 g/mol. The van der Waals surface area contributed by atoms with Gasteiger partial charge in [0.1, 0.15) is 6.54 Å². The predicted molar refractivity (Wildman–Crippen MR) is 95.3 cm³/mol. The molecule has 0 atom stereocenters. The number of methoxy groups -OCH3 is 2. The van der Waals surface area contributed by atoms with E-state index in [4.69, 9.17) is 13.9 Å². The highest BCUT2D eigenvalue weighted by molar-refractivity contribution is 7.13. The average molecular weight is 369 g/mol. The lowest BCUT2D eigenvalue weighted by Gasteiger charge is -2.07. The van der Waals surface area contributed by atoms with Gasteiger partial charge in [0.15, 0.2) is 22.3 Å². The Morgan fingerprint density at radius 2 is 2.04 bits per heavy atom. The molecule has 4 rings (SSSR count). The van der Waals surface area contributed by atoms with Gasteiger partial charge < -0.3 is 13.9 Å². The Hall–Kier alpha value is -3.20. The minimum absolute atomic E-state index is 0.428. The SMILES string of the molecule is COc1ccc(-c2nnn(Cc3csc(-c4ccco4)n3)n2)cc1OC. The Labute approximate surface area is 153 Å². The number of hydrogen-bond acceptors (Lipinski definition) is 8. The number of ether oxygens (including phenoxy) is 2. The molecule has 0 radical (unpaired) electrons. The van der Waals surface area contributed by atoms with Crippen LogP contribution in [0.1, 0.15) is 5.69 Å². The summed E-state index contributed by atoms with van der Waals surface area (Å²) in [7, 11) is 3.18. The molecule has 132 valence electrons. The first-order valence-corrected chi connectivity index (χ1v) is 8.63. The molecule has 8 nitrogen and oxygen atoms in total. The molecule has 26 heavy (non-hydrogen) atoms. The maximum absolute atomic E-state index is 5.36. The van der Waals surface area contributed by atoms with E-state index in [1.807, 2.05) is 35.7 Å². The van der Waals surface area contributed by atoms with Gasteiger partial charge in [-0.15, -0.1) is 21.5 Å². The summed E-state index contributed by atoms with van der Waals surface area (Å²) in [6.07, 6.45) is 1.63. The smallest absolute Gasteiger partial charge is 0.205 e. The van der Waals surface area contributed by atoms with Gasteiger partial charge in [0.2, 0.25) is 5.82 Å². The van der Waals surface area contributed by atoms with Crippen LogP contribution in [0.5, 0.6) is 11.5 Å². The molecule has 0 aliphatic heterocycles. The van der Waals surface area contributed by atoms with Gasteiger partial charge in [-0.3, -0.25) is 0 Å². The fourth-order valence-corrected chi connectivity index (χ4v) is 3.22. The van der Waals surface area contributed by atoms with E-state index in [-0.39, 0.29) is 0 Å². The molecule has 0 unspecified atom stereocenters. The van der Waals surface area contributed by atoms with Crippen molar-refractivity contribution in [1.29, 1.82) is 0 Å². The monoisotopic (exact) mass is 369 g/mol. The molecule has 0 bridgehead atoms. The summed E-state index contributed by atoms with van der Waals surface area (Å²) >= 11 is 1.51. The third-order valence-electron chi connectivity index (χ3n) is 3.68. The van der Waals surface area contributed by atoms with Gasteiger partial charge >= 0.3 is 0 Å². The maximum Gasteiger partial charge on any atom is 0.205 e. The van der Waals surface area contributed by atoms with Gasteiger partial charge in [-0.1, -0.05) is 0 Å². The summed E-state index contributed by atoms with van der Waals surface area (Å²) in [6, 6.07) is 9.21. The van der Waals surface area contributed by atoms with Crippen LogP contribution < -0.4 is 9.47 Å². The number of nitrogens with zero attached hydrogens (tertiary/aromatic N) is 5. The molecule has 0 fully saturated rings. The minimum Gasteiger partial charge on any atom is -0.493 e. The molecule has 0 spiro atoms. The van der Waals surface area contributed by atoms with Crippen molar-refractivity contribution in [2.24, 2.45) is 0 Å². The van der Waals surface area contributed by atoms with E-state index >= 15 is 0 Å². The van der Waals surface area contributed by atoms with Crippen LogP contribution in [-0.4, -0.2) is 39.4 Å². The standard InChI is InChI=1S/C17H15N5O3S/c1-23-13-6-5-11(8-15(13)24-2)16-19-21-22(20-16)9-12-10-26-17(18-12)14-4-3-7-25-14/h3-8,10H,9H2,1-2H3. The van der Waals surface area contributed by atoms with E-state index in [1.165, 1.54) is 16.1 Å². The molecule has 0 aliphatic carbocycles. The van der Waals surface area contributed by atoms with Crippen molar-refractivity contribution in [3.8, 4) is 33.7 Å². The van der Waals surface area contributed by atoms with Gasteiger partial charge in [-0.05, 0) is 35.5 Å². The van der Waals surface area contributed by atoms with Crippen molar-refractivity contribution < 1.29 is 13.9 Å². The molecule has 1 aromatic carbocycles. The van der Waals surface area contributed by atoms with Crippen molar-refractivity contribution in [2.45, 2.75) is 6.54 Å². The Balaban J connectivity index is 1.53. The van der Waals surface area contributed by atoms with Crippen LogP contribution in [0.15, 0.2) is 46.4 Å². The molecule has 0 saturated heterocycles. The van der Waals surface area contributed by atoms with Crippen molar-refractivity contribution in [1.82, 2.24) is 25.2 Å². The second kappa shape index (κ2) is 6.96. The maximum atomic E-state index is 5.36. The highest BCUT2D eigenvalue weighted by atomic mass is 32.1. The van der Waals surface area contributed by atoms with Crippen LogP contribution in [0.2, 0.25) is 0 Å². The van der Waals surface area contributed by atoms with Crippen molar-refractivity contribution in [2.75, 3.05) is 14.2 Å². The molecule has 3 heterocycles. The molecule has 0 aliphatic rings. The van der Waals surface area contributed by atoms with Crippen LogP contribution in [0.25, 0.3) is 22.2 Å². The third-order valence-corrected chi connectivity index (χ3v) is 4.59. The second-order valence-corrected chi connectivity index (χ2v) is 6.19. The molecule has 0 N–H and O–H groups in total. The molecule has 9 heteroatoms. The third kappa shape index (κ3) is 3.16. The highest BCUT2D eigenvalue weighted by Crippen LogP contribution is 2.30. The normalized spacial score (nSPS) is 10.8. The first-order chi connectivity index (χ1) is 12.8. The zero-order valence-corrected chi connectivity index (χ0v) is 14.9. The fourth-order valence-electron chi connectivity index (χ4n) is 2.44. The van der Waals surface area contributed by atoms with E-state index in [0.717, 1.165) is 22.0 Å². The van der Waals surface area contributed by atoms with Crippen molar-refractivity contribution in [3.05, 3.63) is 47.7 Å². The lowest BCUT2D eigenvalue weighted by Crippen LogP contribution is -2.04. The Morgan fingerprint density at radius 1 is 1.15 bits per heavy atom. The van der Waals surface area contributed by atoms with Crippen LogP contribution in [-0.2, 0) is 6.54 Å². The van der Waals surface area contributed by atoms with E-state index < -0.39 is 0 Å². The zero-order valence-electron chi connectivity index (χ0n) is 14.1. The number of thiazole rings is 1. The van der Waals surface area contributed by atoms with Gasteiger partial charge in [-0.2, -0.15) is 4.80 Å². The molecule has 4 aromatic rings. The van der Waals surface area contributed by atoms with Gasteiger partial charge in [-0.25, -0.2) is 4.98 Å². The van der Waals surface area contributed by atoms with Gasteiger partial charge in [0.05, 0.1) is 26.2 Å². The molecule has 0 saturated carbocycles. The summed E-state index contributed by atoms with van der Waals surface area (Å²) in [6.45, 7) is 0.428. The number of aromatic nitrogens is 5. The quantitative estimate of drug-likeness (QED) is 0.516. The Kier molecular flexibility index (Phi) is 4.36. The fraction of sp³-hybridized carbons (Fsp3) is 0.176. The van der Waals surface area contributed by atoms with Gasteiger partial charge in [0.25, 0.3) is 0 Å². The van der Waals surface area contributed by atoms with E-state index in [0.29, 0.717) is 23.9 Å². The molecule has 3 aromatic heterocycles. The largest absolute Gasteiger partial charge is 0.493 e. The predicted octanol–water partition coefficient (Wildman–Crippen LogP) is 3.12. The Morgan fingerprint density at radius 3 is 2.81 bits per heavy atom. The van der Waals surface area contributed by atoms with Crippen LogP contribution in [0.3, 0.4) is 0 Å². The van der Waals surface area contributed by atoms with E-state index in [1.54, 1.807) is 20.5 Å². The van der Waals surface area contributed by atoms with E-state index in [9.17, 15) is 0 Å². The minimum atomic E-state index is 0.428. The highest BCUT2D eigenvalue weighted by Gasteiger charge is 2.12. The van der Waals surface area contributed by atoms with Crippen molar-refractivity contribution >= 4 is 11.3 Å². The summed E-state index contributed by atoms with van der Waals surface area (Å²) in [5, 5.41) is 15.4. The van der Waals surface area contributed by atoms with Crippen LogP contribution in [0.4, 0.5) is 0 Å².